The van der Waals surface area contributed by atoms with Crippen LogP contribution in [-0.2, 0) is 16.1 Å². The molecule has 7 nitrogen and oxygen atoms in total. The third-order valence-corrected chi connectivity index (χ3v) is 6.15. The zero-order valence-electron chi connectivity index (χ0n) is 16.2. The Morgan fingerprint density at radius 3 is 2.52 bits per heavy atom. The van der Waals surface area contributed by atoms with Crippen LogP contribution in [0, 0.1) is 0 Å². The van der Waals surface area contributed by atoms with Gasteiger partial charge in [-0.2, -0.15) is 0 Å². The molecule has 1 atom stereocenters. The minimum atomic E-state index is -0.750. The van der Waals surface area contributed by atoms with Crippen LogP contribution in [0.5, 0.6) is 5.75 Å². The van der Waals surface area contributed by atoms with Crippen molar-refractivity contribution in [2.24, 2.45) is 0 Å². The molecule has 8 heteroatoms. The molecule has 1 aromatic heterocycles. The Kier molecular flexibility index (Phi) is 5.64. The lowest BCUT2D eigenvalue weighted by Crippen LogP contribution is -2.42. The Labute approximate surface area is 173 Å². The molecule has 0 N–H and O–H groups in total. The summed E-state index contributed by atoms with van der Waals surface area (Å²) in [5, 5.41) is 1.88. The van der Waals surface area contributed by atoms with Gasteiger partial charge in [0.1, 0.15) is 5.75 Å². The number of hydrogen-bond acceptors (Lipinski definition) is 6. The van der Waals surface area contributed by atoms with Crippen LogP contribution in [-0.4, -0.2) is 52.4 Å². The molecule has 0 radical (unpaired) electrons. The molecule has 152 valence electrons. The quantitative estimate of drug-likeness (QED) is 0.515. The highest BCUT2D eigenvalue weighted by Gasteiger charge is 2.46. The van der Waals surface area contributed by atoms with E-state index in [-0.39, 0.29) is 19.3 Å². The molecule has 4 amide bonds. The monoisotopic (exact) mass is 413 g/mol. The Morgan fingerprint density at radius 2 is 1.83 bits per heavy atom. The first-order valence-electron chi connectivity index (χ1n) is 9.75. The van der Waals surface area contributed by atoms with Crippen LogP contribution >= 0.6 is 11.3 Å². The highest BCUT2D eigenvalue weighted by Crippen LogP contribution is 2.33. The number of thiophene rings is 1. The molecule has 2 aromatic rings. The highest BCUT2D eigenvalue weighted by molar-refractivity contribution is 7.09. The fraction of sp³-hybridized carbons (Fsp3) is 0.381. The molecule has 2 fully saturated rings. The van der Waals surface area contributed by atoms with Gasteiger partial charge in [-0.15, -0.1) is 11.3 Å². The molecule has 0 spiro atoms. The summed E-state index contributed by atoms with van der Waals surface area (Å²) in [6.45, 7) is 3.60. The van der Waals surface area contributed by atoms with Crippen LogP contribution in [0.3, 0.4) is 0 Å². The van der Waals surface area contributed by atoms with E-state index in [1.54, 1.807) is 0 Å². The van der Waals surface area contributed by atoms with Gasteiger partial charge in [-0.3, -0.25) is 19.4 Å². The maximum atomic E-state index is 12.8. The van der Waals surface area contributed by atoms with Gasteiger partial charge in [-0.25, -0.2) is 9.69 Å². The van der Waals surface area contributed by atoms with Crippen LogP contribution < -0.4 is 4.74 Å². The Balaban J connectivity index is 1.46. The molecule has 1 aromatic carbocycles. The second kappa shape index (κ2) is 8.34. The second-order valence-electron chi connectivity index (χ2n) is 7.10. The van der Waals surface area contributed by atoms with E-state index in [1.807, 2.05) is 48.7 Å². The number of carbonyl (C=O) groups excluding carboxylic acids is 3. The van der Waals surface area contributed by atoms with Crippen molar-refractivity contribution in [1.29, 1.82) is 0 Å². The van der Waals surface area contributed by atoms with Crippen molar-refractivity contribution >= 4 is 29.2 Å². The molecule has 2 aliphatic heterocycles. The Bertz CT molecular complexity index is 897. The number of urea groups is 1. The molecule has 4 rings (SSSR count). The van der Waals surface area contributed by atoms with Gasteiger partial charge < -0.3 is 4.74 Å². The molecular weight excluding hydrogens is 390 g/mol. The topological polar surface area (TPSA) is 70.2 Å². The van der Waals surface area contributed by atoms with Crippen molar-refractivity contribution in [1.82, 2.24) is 14.7 Å². The average Bonchev–Trinajstić information content (AvgIpc) is 3.45. The molecule has 0 bridgehead atoms. The first kappa shape index (κ1) is 19.6. The summed E-state index contributed by atoms with van der Waals surface area (Å²) in [4.78, 5) is 42.7. The van der Waals surface area contributed by atoms with Gasteiger partial charge in [0.2, 0.25) is 0 Å². The van der Waals surface area contributed by atoms with Crippen molar-refractivity contribution in [3.05, 3.63) is 52.2 Å². The number of likely N-dealkylation sites (tertiary alicyclic amines) is 1. The normalized spacial score (nSPS) is 20.2. The first-order valence-corrected chi connectivity index (χ1v) is 10.6. The number of imide groups is 2. The van der Waals surface area contributed by atoms with E-state index in [9.17, 15) is 14.4 Å². The van der Waals surface area contributed by atoms with E-state index >= 15 is 0 Å². The lowest BCUT2D eigenvalue weighted by atomic mass is 10.0. The Morgan fingerprint density at radius 1 is 1.07 bits per heavy atom. The van der Waals surface area contributed by atoms with E-state index in [0.29, 0.717) is 6.61 Å². The van der Waals surface area contributed by atoms with Gasteiger partial charge in [0.15, 0.2) is 0 Å². The number of rotatable bonds is 7. The van der Waals surface area contributed by atoms with Gasteiger partial charge >= 0.3 is 17.8 Å². The predicted octanol–water partition coefficient (Wildman–Crippen LogP) is 3.23. The third kappa shape index (κ3) is 3.90. The summed E-state index contributed by atoms with van der Waals surface area (Å²) in [6.07, 6.45) is 1.91. The van der Waals surface area contributed by atoms with Crippen LogP contribution in [0.1, 0.15) is 36.2 Å². The molecule has 0 saturated carbocycles. The van der Waals surface area contributed by atoms with Crippen LogP contribution in [0.4, 0.5) is 4.79 Å². The third-order valence-electron chi connectivity index (χ3n) is 5.29. The predicted molar refractivity (Wildman–Crippen MR) is 108 cm³/mol. The van der Waals surface area contributed by atoms with Crippen molar-refractivity contribution in [2.45, 2.75) is 32.4 Å². The van der Waals surface area contributed by atoms with Gasteiger partial charge in [0.05, 0.1) is 19.8 Å². The van der Waals surface area contributed by atoms with E-state index < -0.39 is 17.8 Å². The van der Waals surface area contributed by atoms with Crippen LogP contribution in [0.25, 0.3) is 0 Å². The summed E-state index contributed by atoms with van der Waals surface area (Å²) in [7, 11) is 0. The fourth-order valence-electron chi connectivity index (χ4n) is 3.88. The smallest absolute Gasteiger partial charge is 0.335 e. The van der Waals surface area contributed by atoms with Crippen LogP contribution in [0.15, 0.2) is 41.8 Å². The maximum absolute atomic E-state index is 12.8. The van der Waals surface area contributed by atoms with E-state index in [0.717, 1.165) is 45.4 Å². The second-order valence-corrected chi connectivity index (χ2v) is 8.13. The molecule has 2 aliphatic rings. The van der Waals surface area contributed by atoms with Crippen molar-refractivity contribution < 1.29 is 19.1 Å². The zero-order valence-corrected chi connectivity index (χ0v) is 17.1. The molecule has 29 heavy (non-hydrogen) atoms. The molecule has 1 unspecified atom stereocenters. The van der Waals surface area contributed by atoms with Gasteiger partial charge in [-0.1, -0.05) is 18.2 Å². The molecule has 3 heterocycles. The number of hydrogen-bond donors (Lipinski definition) is 0. The summed E-state index contributed by atoms with van der Waals surface area (Å²) in [5.41, 5.74) is 1.12. The summed E-state index contributed by atoms with van der Waals surface area (Å²) in [6, 6.07) is 11.2. The summed E-state index contributed by atoms with van der Waals surface area (Å²) in [5.74, 6) is -0.676. The fourth-order valence-corrected chi connectivity index (χ4v) is 4.57. The van der Waals surface area contributed by atoms with Gasteiger partial charge in [-0.05, 0) is 48.9 Å². The average molecular weight is 413 g/mol. The molecule has 0 aliphatic carbocycles. The standard InChI is InChI=1S/C21H23N3O4S/c1-2-28-16-9-7-15(8-10-16)18-6-3-11-22(18)14-24-20(26)19(25)23(21(24)27)13-17-5-4-12-29-17/h4-5,7-10,12,18H,2-3,6,11,13-14H2,1H3. The van der Waals surface area contributed by atoms with Crippen LogP contribution in [0.2, 0.25) is 0 Å². The minimum Gasteiger partial charge on any atom is -0.494 e. The molecular formula is C21H23N3O4S. The lowest BCUT2D eigenvalue weighted by Gasteiger charge is -2.28. The molecule has 2 saturated heterocycles. The van der Waals surface area contributed by atoms with Gasteiger partial charge in [0, 0.05) is 17.5 Å². The van der Waals surface area contributed by atoms with Crippen molar-refractivity contribution in [2.75, 3.05) is 19.8 Å². The number of ether oxygens (including phenoxy) is 1. The lowest BCUT2D eigenvalue weighted by molar-refractivity contribution is -0.144. The first-order chi connectivity index (χ1) is 14.1. The largest absolute Gasteiger partial charge is 0.494 e. The van der Waals surface area contributed by atoms with E-state index in [1.165, 1.54) is 11.3 Å². The highest BCUT2D eigenvalue weighted by atomic mass is 32.1. The summed E-state index contributed by atoms with van der Waals surface area (Å²) >= 11 is 1.45. The summed E-state index contributed by atoms with van der Waals surface area (Å²) < 4.78 is 5.50. The SMILES string of the molecule is CCOc1ccc(C2CCCN2CN2C(=O)C(=O)N(Cc3cccs3)C2=O)cc1. The number of amides is 4. The number of benzene rings is 1. The zero-order chi connectivity index (χ0) is 20.4. The van der Waals surface area contributed by atoms with Crippen molar-refractivity contribution in [3.8, 4) is 5.75 Å². The van der Waals surface area contributed by atoms with E-state index in [4.69, 9.17) is 4.74 Å². The van der Waals surface area contributed by atoms with E-state index in [2.05, 4.69) is 4.90 Å². The number of nitrogens with zero attached hydrogens (tertiary/aromatic N) is 3. The van der Waals surface area contributed by atoms with Crippen molar-refractivity contribution in [3.63, 3.8) is 0 Å². The minimum absolute atomic E-state index is 0.104. The number of carbonyl (C=O) groups is 3. The van der Waals surface area contributed by atoms with Gasteiger partial charge in [0.25, 0.3) is 0 Å². The maximum Gasteiger partial charge on any atom is 0.335 e. The Hall–Kier alpha value is -2.71.